The number of hydrogen-bond donors (Lipinski definition) is 2. The Morgan fingerprint density at radius 1 is 1.31 bits per heavy atom. The second-order valence-electron chi connectivity index (χ2n) is 7.55. The molecule has 1 aromatic carbocycles. The maximum Gasteiger partial charge on any atom is 0.191 e. The first kappa shape index (κ1) is 24.1. The van der Waals surface area contributed by atoms with Gasteiger partial charge in [0, 0.05) is 26.1 Å². The lowest BCUT2D eigenvalue weighted by molar-refractivity contribution is 0.177. The Kier molecular flexibility index (Phi) is 8.97. The topological polar surface area (TPSA) is 107 Å². The van der Waals surface area contributed by atoms with Crippen molar-refractivity contribution in [2.75, 3.05) is 13.7 Å². The molecule has 3 heterocycles. The molecule has 1 aliphatic rings. The van der Waals surface area contributed by atoms with Crippen molar-refractivity contribution in [3.8, 4) is 0 Å². The van der Waals surface area contributed by atoms with Crippen LogP contribution in [0.25, 0.3) is 0 Å². The molecule has 172 valence electrons. The Morgan fingerprint density at radius 3 is 2.97 bits per heavy atom. The highest BCUT2D eigenvalue weighted by Gasteiger charge is 2.22. The summed E-state index contributed by atoms with van der Waals surface area (Å²) < 4.78 is 8.94. The standard InChI is InChI=1S/C21H29N9O.HI/c1-3-23-21(26-18-7-8-20-27-19(13-31-2)28-30(20)12-18)24-10-16-5-4-6-17(9-16)11-29-15-22-14-25-29;/h4-6,9,14-15,18H,3,7-8,10-13H2,1-2H3,(H2,23,24,26);1H. The van der Waals surface area contributed by atoms with Crippen LogP contribution in [-0.2, 0) is 37.4 Å². The number of methoxy groups -OCH3 is 1. The van der Waals surface area contributed by atoms with E-state index in [0.29, 0.717) is 19.7 Å². The van der Waals surface area contributed by atoms with E-state index in [1.807, 2.05) is 9.36 Å². The average molecular weight is 551 g/mol. The number of aromatic nitrogens is 6. The number of ether oxygens (including phenoxy) is 1. The second kappa shape index (κ2) is 11.9. The van der Waals surface area contributed by atoms with Gasteiger partial charge in [0.1, 0.15) is 25.1 Å². The number of aryl methyl sites for hydroxylation is 1. The number of fused-ring (bicyclic) bond motifs is 1. The molecule has 0 bridgehead atoms. The molecule has 0 radical (unpaired) electrons. The highest BCUT2D eigenvalue weighted by Crippen LogP contribution is 2.14. The largest absolute Gasteiger partial charge is 0.377 e. The number of aliphatic imine (C=N–C) groups is 1. The van der Waals surface area contributed by atoms with Gasteiger partial charge in [-0.3, -0.25) is 0 Å². The highest BCUT2D eigenvalue weighted by molar-refractivity contribution is 14.0. The zero-order chi connectivity index (χ0) is 21.5. The molecule has 1 atom stereocenters. The molecule has 2 N–H and O–H groups in total. The summed E-state index contributed by atoms with van der Waals surface area (Å²) in [7, 11) is 1.66. The molecule has 0 spiro atoms. The molecule has 0 fully saturated rings. The molecular formula is C21H30IN9O. The van der Waals surface area contributed by atoms with E-state index in [1.165, 1.54) is 5.56 Å². The normalized spacial score (nSPS) is 15.7. The van der Waals surface area contributed by atoms with Crippen LogP contribution in [0.15, 0.2) is 41.9 Å². The quantitative estimate of drug-likeness (QED) is 0.250. The fourth-order valence-corrected chi connectivity index (χ4v) is 3.68. The van der Waals surface area contributed by atoms with Gasteiger partial charge in [0.25, 0.3) is 0 Å². The summed E-state index contributed by atoms with van der Waals surface area (Å²) >= 11 is 0. The number of nitrogens with zero attached hydrogens (tertiary/aromatic N) is 7. The molecule has 2 aromatic heterocycles. The molecule has 3 aromatic rings. The van der Waals surface area contributed by atoms with Gasteiger partial charge in [0.15, 0.2) is 11.8 Å². The number of halogens is 1. The average Bonchev–Trinajstić information content (AvgIpc) is 3.42. The SMILES string of the molecule is CCNC(=NCc1cccc(Cn2cncn2)c1)NC1CCc2nc(COC)nn2C1.I. The minimum atomic E-state index is 0. The van der Waals surface area contributed by atoms with Crippen molar-refractivity contribution in [3.05, 3.63) is 59.7 Å². The van der Waals surface area contributed by atoms with Gasteiger partial charge in [-0.05, 0) is 24.5 Å². The number of hydrogen-bond acceptors (Lipinski definition) is 6. The number of benzene rings is 1. The predicted molar refractivity (Wildman–Crippen MR) is 132 cm³/mol. The Labute approximate surface area is 204 Å². The van der Waals surface area contributed by atoms with Gasteiger partial charge < -0.3 is 15.4 Å². The summed E-state index contributed by atoms with van der Waals surface area (Å²) in [5.41, 5.74) is 2.33. The molecular weight excluding hydrogens is 521 g/mol. The van der Waals surface area contributed by atoms with E-state index < -0.39 is 0 Å². The molecule has 1 unspecified atom stereocenters. The van der Waals surface area contributed by atoms with Crippen LogP contribution in [0.4, 0.5) is 0 Å². The first-order valence-electron chi connectivity index (χ1n) is 10.6. The fourth-order valence-electron chi connectivity index (χ4n) is 3.68. The second-order valence-corrected chi connectivity index (χ2v) is 7.55. The molecule has 10 nitrogen and oxygen atoms in total. The summed E-state index contributed by atoms with van der Waals surface area (Å²) in [4.78, 5) is 13.3. The van der Waals surface area contributed by atoms with Gasteiger partial charge >= 0.3 is 0 Å². The summed E-state index contributed by atoms with van der Waals surface area (Å²) in [6, 6.07) is 8.66. The van der Waals surface area contributed by atoms with E-state index >= 15 is 0 Å². The van der Waals surface area contributed by atoms with Gasteiger partial charge in [0.2, 0.25) is 0 Å². The monoisotopic (exact) mass is 551 g/mol. The molecule has 4 rings (SSSR count). The van der Waals surface area contributed by atoms with Crippen LogP contribution >= 0.6 is 24.0 Å². The van der Waals surface area contributed by atoms with Crippen molar-refractivity contribution in [3.63, 3.8) is 0 Å². The molecule has 0 saturated heterocycles. The Balaban J connectivity index is 0.00000289. The Hall–Kier alpha value is -2.54. The lowest BCUT2D eigenvalue weighted by Crippen LogP contribution is -2.47. The zero-order valence-electron chi connectivity index (χ0n) is 18.4. The van der Waals surface area contributed by atoms with Crippen LogP contribution in [-0.4, -0.2) is 55.2 Å². The lowest BCUT2D eigenvalue weighted by atomic mass is 10.1. The number of guanidine groups is 1. The summed E-state index contributed by atoms with van der Waals surface area (Å²) in [6.07, 6.45) is 5.15. The van der Waals surface area contributed by atoms with Crippen molar-refractivity contribution in [2.45, 2.75) is 52.0 Å². The fraction of sp³-hybridized carbons (Fsp3) is 0.476. The highest BCUT2D eigenvalue weighted by atomic mass is 127. The van der Waals surface area contributed by atoms with Gasteiger partial charge in [-0.15, -0.1) is 24.0 Å². The summed E-state index contributed by atoms with van der Waals surface area (Å²) in [6.45, 7) is 5.38. The van der Waals surface area contributed by atoms with E-state index in [1.54, 1.807) is 19.8 Å². The number of nitrogens with one attached hydrogen (secondary N) is 2. The van der Waals surface area contributed by atoms with Crippen LogP contribution in [0, 0.1) is 0 Å². The van der Waals surface area contributed by atoms with Crippen molar-refractivity contribution < 1.29 is 4.74 Å². The smallest absolute Gasteiger partial charge is 0.191 e. The molecule has 0 saturated carbocycles. The zero-order valence-corrected chi connectivity index (χ0v) is 20.8. The maximum absolute atomic E-state index is 5.15. The molecule has 1 aliphatic heterocycles. The van der Waals surface area contributed by atoms with Crippen molar-refractivity contribution in [1.82, 2.24) is 40.2 Å². The first-order valence-corrected chi connectivity index (χ1v) is 10.6. The maximum atomic E-state index is 5.15. The molecule has 0 amide bonds. The van der Waals surface area contributed by atoms with E-state index in [2.05, 4.69) is 62.0 Å². The third kappa shape index (κ3) is 6.48. The van der Waals surface area contributed by atoms with Crippen LogP contribution in [0.3, 0.4) is 0 Å². The molecule has 0 aliphatic carbocycles. The third-order valence-corrected chi connectivity index (χ3v) is 5.08. The van der Waals surface area contributed by atoms with Gasteiger partial charge in [-0.25, -0.2) is 24.3 Å². The minimum Gasteiger partial charge on any atom is -0.377 e. The summed E-state index contributed by atoms with van der Waals surface area (Å²) in [5, 5.41) is 15.6. The minimum absolute atomic E-state index is 0. The van der Waals surface area contributed by atoms with Gasteiger partial charge in [0.05, 0.1) is 19.6 Å². The van der Waals surface area contributed by atoms with Crippen molar-refractivity contribution in [1.29, 1.82) is 0 Å². The molecule has 32 heavy (non-hydrogen) atoms. The molecule has 11 heteroatoms. The van der Waals surface area contributed by atoms with Crippen LogP contribution < -0.4 is 10.6 Å². The Morgan fingerprint density at radius 2 is 2.19 bits per heavy atom. The van der Waals surface area contributed by atoms with E-state index in [4.69, 9.17) is 9.73 Å². The Bertz CT molecular complexity index is 1000. The first-order chi connectivity index (χ1) is 15.2. The van der Waals surface area contributed by atoms with E-state index in [9.17, 15) is 0 Å². The summed E-state index contributed by atoms with van der Waals surface area (Å²) in [5.74, 6) is 2.58. The van der Waals surface area contributed by atoms with Gasteiger partial charge in [-0.2, -0.15) is 10.2 Å². The van der Waals surface area contributed by atoms with Crippen molar-refractivity contribution in [2.24, 2.45) is 4.99 Å². The van der Waals surface area contributed by atoms with E-state index in [-0.39, 0.29) is 30.0 Å². The van der Waals surface area contributed by atoms with Crippen LogP contribution in [0.2, 0.25) is 0 Å². The van der Waals surface area contributed by atoms with Crippen LogP contribution in [0.1, 0.15) is 36.1 Å². The predicted octanol–water partition coefficient (Wildman–Crippen LogP) is 1.75. The lowest BCUT2D eigenvalue weighted by Gasteiger charge is -2.25. The number of rotatable bonds is 8. The van der Waals surface area contributed by atoms with Crippen LogP contribution in [0.5, 0.6) is 0 Å². The third-order valence-electron chi connectivity index (χ3n) is 5.08. The van der Waals surface area contributed by atoms with Crippen molar-refractivity contribution >= 4 is 29.9 Å². The van der Waals surface area contributed by atoms with E-state index in [0.717, 1.165) is 49.1 Å². The van der Waals surface area contributed by atoms with Gasteiger partial charge in [-0.1, -0.05) is 24.3 Å².